The van der Waals surface area contributed by atoms with Gasteiger partial charge >= 0.3 is 5.97 Å². The minimum Gasteiger partial charge on any atom is -0.489 e. The third-order valence-electron chi connectivity index (χ3n) is 6.18. The van der Waals surface area contributed by atoms with Gasteiger partial charge in [0.1, 0.15) is 30.1 Å². The third kappa shape index (κ3) is 5.55. The van der Waals surface area contributed by atoms with Crippen LogP contribution in [0.2, 0.25) is 10.0 Å². The number of halogens is 2. The molecule has 10 heteroatoms. The van der Waals surface area contributed by atoms with Crippen LogP contribution in [0.5, 0.6) is 11.6 Å². The van der Waals surface area contributed by atoms with Crippen molar-refractivity contribution in [2.75, 3.05) is 6.61 Å². The number of ether oxygens (including phenoxy) is 2. The first-order chi connectivity index (χ1) is 17.7. The Hall–Kier alpha value is -3.62. The van der Waals surface area contributed by atoms with Gasteiger partial charge in [0.15, 0.2) is 11.2 Å². The van der Waals surface area contributed by atoms with Gasteiger partial charge in [0, 0.05) is 16.2 Å². The highest BCUT2D eigenvalue weighted by Crippen LogP contribution is 2.41. The second-order valence-corrected chi connectivity index (χ2v) is 10.0. The van der Waals surface area contributed by atoms with Gasteiger partial charge < -0.3 is 19.1 Å². The summed E-state index contributed by atoms with van der Waals surface area (Å²) >= 11 is 13.0. The van der Waals surface area contributed by atoms with Crippen LogP contribution < -0.4 is 9.47 Å². The van der Waals surface area contributed by atoms with Crippen LogP contribution in [0, 0.1) is 0 Å². The molecule has 0 atom stereocenters. The highest BCUT2D eigenvalue weighted by Gasteiger charge is 2.41. The van der Waals surface area contributed by atoms with E-state index in [1.54, 1.807) is 12.1 Å². The Kier molecular flexibility index (Phi) is 6.79. The number of nitrogens with zero attached hydrogens (tertiary/aromatic N) is 4. The molecule has 2 heterocycles. The summed E-state index contributed by atoms with van der Waals surface area (Å²) in [6, 6.07) is 12.9. The van der Waals surface area contributed by atoms with E-state index in [2.05, 4.69) is 9.97 Å². The summed E-state index contributed by atoms with van der Waals surface area (Å²) in [5.41, 5.74) is 2.79. The van der Waals surface area contributed by atoms with Gasteiger partial charge in [-0.3, -0.25) is 0 Å². The first-order valence-electron chi connectivity index (χ1n) is 11.7. The van der Waals surface area contributed by atoms with Crippen molar-refractivity contribution in [1.82, 2.24) is 19.5 Å². The molecule has 1 fully saturated rings. The summed E-state index contributed by atoms with van der Waals surface area (Å²) < 4.78 is 13.8. The number of imidazole rings is 1. The van der Waals surface area contributed by atoms with Gasteiger partial charge in [-0.1, -0.05) is 35.3 Å². The first-order valence-corrected chi connectivity index (χ1v) is 12.5. The fraction of sp³-hybridized carbons (Fsp3) is 0.259. The van der Waals surface area contributed by atoms with Gasteiger partial charge in [0.2, 0.25) is 5.88 Å². The highest BCUT2D eigenvalue weighted by atomic mass is 35.5. The highest BCUT2D eigenvalue weighted by molar-refractivity contribution is 6.33. The summed E-state index contributed by atoms with van der Waals surface area (Å²) in [6.45, 7) is 4.12. The van der Waals surface area contributed by atoms with E-state index >= 15 is 0 Å². The Morgan fingerprint density at radius 2 is 2.00 bits per heavy atom. The van der Waals surface area contributed by atoms with E-state index in [0.29, 0.717) is 50.8 Å². The molecule has 2 aromatic heterocycles. The standard InChI is InChI=1S/C27H24Cl2N4O4/c1-16(26(34)35)8-11-36-19-6-7-20(21(29)13-19)23-32-22-24(30-15-31-25(22)37-27(2)9-10-27)33(23)14-17-4-3-5-18(28)12-17/h3-8,12-13,15H,9-11,14H2,1-2H3,(H,34,35)/b16-8+. The predicted octanol–water partition coefficient (Wildman–Crippen LogP) is 6.19. The number of hydrogen-bond acceptors (Lipinski definition) is 6. The van der Waals surface area contributed by atoms with Crippen molar-refractivity contribution in [3.8, 4) is 23.0 Å². The summed E-state index contributed by atoms with van der Waals surface area (Å²) in [5.74, 6) is 0.552. The number of aromatic nitrogens is 4. The topological polar surface area (TPSA) is 99.4 Å². The smallest absolute Gasteiger partial charge is 0.331 e. The Morgan fingerprint density at radius 1 is 1.19 bits per heavy atom. The molecule has 4 aromatic rings. The zero-order chi connectivity index (χ0) is 26.2. The molecule has 0 bridgehead atoms. The van der Waals surface area contributed by atoms with E-state index in [0.717, 1.165) is 18.4 Å². The van der Waals surface area contributed by atoms with E-state index in [1.807, 2.05) is 41.8 Å². The summed E-state index contributed by atoms with van der Waals surface area (Å²) in [5, 5.41) is 10.1. The molecule has 8 nitrogen and oxygen atoms in total. The molecule has 0 saturated heterocycles. The van der Waals surface area contributed by atoms with E-state index < -0.39 is 5.97 Å². The maximum atomic E-state index is 11.0. The van der Waals surface area contributed by atoms with Crippen LogP contribution in [-0.2, 0) is 11.3 Å². The second-order valence-electron chi connectivity index (χ2n) is 9.20. The molecule has 0 radical (unpaired) electrons. The van der Waals surface area contributed by atoms with Crippen molar-refractivity contribution in [2.24, 2.45) is 0 Å². The van der Waals surface area contributed by atoms with E-state index in [9.17, 15) is 4.79 Å². The Labute approximate surface area is 223 Å². The van der Waals surface area contributed by atoms with Crippen molar-refractivity contribution in [2.45, 2.75) is 38.8 Å². The van der Waals surface area contributed by atoms with Gasteiger partial charge in [-0.25, -0.2) is 14.8 Å². The molecule has 190 valence electrons. The molecular weight excluding hydrogens is 515 g/mol. The number of carboxylic acid groups (broad SMARTS) is 1. The molecular formula is C27H24Cl2N4O4. The molecule has 0 spiro atoms. The minimum atomic E-state index is -0.988. The van der Waals surface area contributed by atoms with E-state index in [1.165, 1.54) is 19.3 Å². The van der Waals surface area contributed by atoms with E-state index in [-0.39, 0.29) is 17.8 Å². The van der Waals surface area contributed by atoms with Gasteiger partial charge in [0.25, 0.3) is 0 Å². The van der Waals surface area contributed by atoms with Crippen molar-refractivity contribution in [3.63, 3.8) is 0 Å². The molecule has 1 aliphatic carbocycles. The maximum Gasteiger partial charge on any atom is 0.331 e. The third-order valence-corrected chi connectivity index (χ3v) is 6.73. The van der Waals surface area contributed by atoms with Crippen LogP contribution in [0.1, 0.15) is 32.3 Å². The monoisotopic (exact) mass is 538 g/mol. The number of fused-ring (bicyclic) bond motifs is 1. The van der Waals surface area contributed by atoms with E-state index in [4.69, 9.17) is 42.8 Å². The van der Waals surface area contributed by atoms with Gasteiger partial charge in [0.05, 0.1) is 11.6 Å². The van der Waals surface area contributed by atoms with Crippen LogP contribution in [0.15, 0.2) is 60.4 Å². The molecule has 0 aliphatic heterocycles. The lowest BCUT2D eigenvalue weighted by Gasteiger charge is -2.12. The maximum absolute atomic E-state index is 11.0. The number of aliphatic carboxylic acids is 1. The molecule has 1 aliphatic rings. The zero-order valence-corrected chi connectivity index (χ0v) is 21.8. The SMILES string of the molecule is C/C(=C\COc1ccc(-c2nc3c(OC4(C)CC4)ncnc3n2Cc2cccc(Cl)c2)c(Cl)c1)C(=O)O. The number of rotatable bonds is 9. The largest absolute Gasteiger partial charge is 0.489 e. The van der Waals surface area contributed by atoms with Gasteiger partial charge in [-0.15, -0.1) is 0 Å². The average molecular weight is 539 g/mol. The molecule has 2 aromatic carbocycles. The van der Waals surface area contributed by atoms with Crippen LogP contribution in [0.25, 0.3) is 22.6 Å². The van der Waals surface area contributed by atoms with Crippen LogP contribution >= 0.6 is 23.2 Å². The number of benzene rings is 2. The van der Waals surface area contributed by atoms with Crippen molar-refractivity contribution in [3.05, 3.63) is 76.0 Å². The second kappa shape index (κ2) is 10.0. The molecule has 0 amide bonds. The van der Waals surface area contributed by atoms with Gasteiger partial charge in [-0.2, -0.15) is 4.98 Å². The zero-order valence-electron chi connectivity index (χ0n) is 20.2. The van der Waals surface area contributed by atoms with Crippen molar-refractivity contribution in [1.29, 1.82) is 0 Å². The Bertz CT molecular complexity index is 1530. The molecule has 37 heavy (non-hydrogen) atoms. The lowest BCUT2D eigenvalue weighted by atomic mass is 10.2. The lowest BCUT2D eigenvalue weighted by Crippen LogP contribution is -2.13. The quantitative estimate of drug-likeness (QED) is 0.253. The summed E-state index contributed by atoms with van der Waals surface area (Å²) in [4.78, 5) is 24.8. The molecule has 1 saturated carbocycles. The minimum absolute atomic E-state index is 0.107. The normalized spacial score (nSPS) is 14.5. The fourth-order valence-corrected chi connectivity index (χ4v) is 4.26. The van der Waals surface area contributed by atoms with Gasteiger partial charge in [-0.05, 0) is 68.7 Å². The molecule has 0 unspecified atom stereocenters. The summed E-state index contributed by atoms with van der Waals surface area (Å²) in [6.07, 6.45) is 4.90. The summed E-state index contributed by atoms with van der Waals surface area (Å²) in [7, 11) is 0. The average Bonchev–Trinajstić information content (AvgIpc) is 3.47. The fourth-order valence-electron chi connectivity index (χ4n) is 3.79. The first kappa shape index (κ1) is 25.0. The number of carbonyl (C=O) groups is 1. The molecule has 1 N–H and O–H groups in total. The van der Waals surface area contributed by atoms with Crippen molar-refractivity contribution < 1.29 is 19.4 Å². The predicted molar refractivity (Wildman–Crippen MR) is 141 cm³/mol. The Balaban J connectivity index is 1.55. The lowest BCUT2D eigenvalue weighted by molar-refractivity contribution is -0.132. The number of carboxylic acids is 1. The van der Waals surface area contributed by atoms with Crippen LogP contribution in [0.4, 0.5) is 0 Å². The van der Waals surface area contributed by atoms with Crippen molar-refractivity contribution >= 4 is 40.3 Å². The number of hydrogen-bond donors (Lipinski definition) is 1. The van der Waals surface area contributed by atoms with Crippen LogP contribution in [-0.4, -0.2) is 42.8 Å². The molecule has 5 rings (SSSR count). The Morgan fingerprint density at radius 3 is 2.70 bits per heavy atom. The van der Waals surface area contributed by atoms with Crippen LogP contribution in [0.3, 0.4) is 0 Å².